The van der Waals surface area contributed by atoms with Gasteiger partial charge in [0.05, 0.1) is 33.3 Å². The van der Waals surface area contributed by atoms with Gasteiger partial charge in [0.1, 0.15) is 5.75 Å². The fourth-order valence-corrected chi connectivity index (χ4v) is 3.81. The second-order valence-electron chi connectivity index (χ2n) is 7.44. The van der Waals surface area contributed by atoms with Gasteiger partial charge in [0.15, 0.2) is 6.54 Å². The van der Waals surface area contributed by atoms with E-state index >= 15 is 0 Å². The number of hydrogen-bond acceptors (Lipinski definition) is 3. The third-order valence-electron chi connectivity index (χ3n) is 5.61. The Labute approximate surface area is 168 Å². The van der Waals surface area contributed by atoms with Gasteiger partial charge in [0.2, 0.25) is 0 Å². The van der Waals surface area contributed by atoms with Crippen molar-refractivity contribution in [2.24, 2.45) is 0 Å². The van der Waals surface area contributed by atoms with Crippen molar-refractivity contribution < 1.29 is 14.4 Å². The van der Waals surface area contributed by atoms with E-state index in [-0.39, 0.29) is 5.91 Å². The fourth-order valence-electron chi connectivity index (χ4n) is 3.81. The molecule has 28 heavy (non-hydrogen) atoms. The van der Waals surface area contributed by atoms with E-state index in [1.165, 1.54) is 16.2 Å². The van der Waals surface area contributed by atoms with E-state index in [0.29, 0.717) is 19.0 Å². The van der Waals surface area contributed by atoms with Gasteiger partial charge in [0, 0.05) is 24.2 Å². The van der Waals surface area contributed by atoms with Crippen LogP contribution in [-0.2, 0) is 4.79 Å². The number of nitrogens with one attached hydrogen (secondary N) is 2. The summed E-state index contributed by atoms with van der Waals surface area (Å²) < 4.78 is 5.32. The van der Waals surface area contributed by atoms with Crippen LogP contribution in [0.25, 0.3) is 0 Å². The Kier molecular flexibility index (Phi) is 7.31. The SMILES string of the molecule is CC[C@H](CNC(=O)C[NH+]1CCN(c2cccc(OC)c2)CC1)c1ccccc1. The van der Waals surface area contributed by atoms with Crippen LogP contribution in [0.1, 0.15) is 24.8 Å². The van der Waals surface area contributed by atoms with E-state index in [0.717, 1.165) is 38.3 Å². The van der Waals surface area contributed by atoms with Gasteiger partial charge < -0.3 is 19.9 Å². The molecule has 2 aromatic carbocycles. The van der Waals surface area contributed by atoms with Crippen LogP contribution in [0.4, 0.5) is 5.69 Å². The average molecular weight is 383 g/mol. The van der Waals surface area contributed by atoms with Gasteiger partial charge in [0.25, 0.3) is 5.91 Å². The normalized spacial score (nSPS) is 15.9. The Morgan fingerprint density at radius 1 is 1.14 bits per heavy atom. The topological polar surface area (TPSA) is 46.0 Å². The molecule has 1 atom stereocenters. The Hall–Kier alpha value is -2.53. The minimum absolute atomic E-state index is 0.152. The molecule has 0 bridgehead atoms. The molecule has 150 valence electrons. The molecule has 1 fully saturated rings. The van der Waals surface area contributed by atoms with Gasteiger partial charge in [-0.2, -0.15) is 0 Å². The molecule has 0 radical (unpaired) electrons. The number of ether oxygens (including phenoxy) is 1. The van der Waals surface area contributed by atoms with Crippen molar-refractivity contribution in [3.63, 3.8) is 0 Å². The maximum Gasteiger partial charge on any atom is 0.275 e. The number of amides is 1. The number of benzene rings is 2. The maximum atomic E-state index is 12.4. The lowest BCUT2D eigenvalue weighted by Gasteiger charge is -2.33. The van der Waals surface area contributed by atoms with Gasteiger partial charge >= 0.3 is 0 Å². The minimum Gasteiger partial charge on any atom is -0.497 e. The molecule has 0 spiro atoms. The summed E-state index contributed by atoms with van der Waals surface area (Å²) in [4.78, 5) is 16.2. The molecule has 0 unspecified atom stereocenters. The van der Waals surface area contributed by atoms with Crippen LogP contribution in [0.3, 0.4) is 0 Å². The van der Waals surface area contributed by atoms with Crippen LogP contribution in [-0.4, -0.2) is 52.3 Å². The molecule has 1 amide bonds. The van der Waals surface area contributed by atoms with Crippen molar-refractivity contribution in [3.8, 4) is 5.75 Å². The van der Waals surface area contributed by atoms with E-state index in [1.54, 1.807) is 7.11 Å². The molecule has 1 heterocycles. The molecule has 5 heteroatoms. The Bertz CT molecular complexity index is 743. The zero-order valence-electron chi connectivity index (χ0n) is 17.0. The highest BCUT2D eigenvalue weighted by Crippen LogP contribution is 2.20. The van der Waals surface area contributed by atoms with Crippen LogP contribution in [0.2, 0.25) is 0 Å². The third-order valence-corrected chi connectivity index (χ3v) is 5.61. The zero-order valence-corrected chi connectivity index (χ0v) is 17.0. The van der Waals surface area contributed by atoms with E-state index in [1.807, 2.05) is 18.2 Å². The standard InChI is InChI=1S/C23H31N3O2/c1-3-19(20-8-5-4-6-9-20)17-24-23(27)18-25-12-14-26(15-13-25)21-10-7-11-22(16-21)28-2/h4-11,16,19H,3,12-15,17-18H2,1-2H3,(H,24,27)/p+1/t19-/m1/s1. The van der Waals surface area contributed by atoms with Crippen LogP contribution < -0.4 is 19.9 Å². The van der Waals surface area contributed by atoms with Crippen molar-refractivity contribution in [1.82, 2.24) is 5.32 Å². The first kappa shape index (κ1) is 20.2. The molecular weight excluding hydrogens is 350 g/mol. The van der Waals surface area contributed by atoms with Crippen molar-refractivity contribution in [2.45, 2.75) is 19.3 Å². The molecule has 0 saturated carbocycles. The minimum atomic E-state index is 0.152. The first-order valence-electron chi connectivity index (χ1n) is 10.2. The summed E-state index contributed by atoms with van der Waals surface area (Å²) >= 11 is 0. The van der Waals surface area contributed by atoms with Gasteiger partial charge in [-0.3, -0.25) is 4.79 Å². The number of rotatable bonds is 8. The van der Waals surface area contributed by atoms with Crippen LogP contribution in [0, 0.1) is 0 Å². The van der Waals surface area contributed by atoms with Crippen molar-refractivity contribution in [2.75, 3.05) is 51.3 Å². The largest absolute Gasteiger partial charge is 0.497 e. The summed E-state index contributed by atoms with van der Waals surface area (Å²) in [5, 5.41) is 3.15. The molecule has 1 aliphatic rings. The Morgan fingerprint density at radius 3 is 2.57 bits per heavy atom. The van der Waals surface area contributed by atoms with Gasteiger partial charge in [-0.25, -0.2) is 0 Å². The van der Waals surface area contributed by atoms with Crippen molar-refractivity contribution in [3.05, 3.63) is 60.2 Å². The summed E-state index contributed by atoms with van der Waals surface area (Å²) in [6, 6.07) is 18.6. The number of hydrogen-bond donors (Lipinski definition) is 2. The number of anilines is 1. The average Bonchev–Trinajstić information content (AvgIpc) is 2.75. The van der Waals surface area contributed by atoms with Crippen LogP contribution in [0.5, 0.6) is 5.75 Å². The lowest BCUT2D eigenvalue weighted by molar-refractivity contribution is -0.892. The van der Waals surface area contributed by atoms with Gasteiger partial charge in [-0.15, -0.1) is 0 Å². The Morgan fingerprint density at radius 2 is 1.89 bits per heavy atom. The number of carbonyl (C=O) groups excluding carboxylic acids is 1. The van der Waals surface area contributed by atoms with Gasteiger partial charge in [-0.1, -0.05) is 43.3 Å². The zero-order chi connectivity index (χ0) is 19.8. The number of piperazine rings is 1. The summed E-state index contributed by atoms with van der Waals surface area (Å²) in [5.41, 5.74) is 2.49. The molecular formula is C23H32N3O2+. The molecule has 0 aromatic heterocycles. The van der Waals surface area contributed by atoms with Crippen LogP contribution >= 0.6 is 0 Å². The molecule has 5 nitrogen and oxygen atoms in total. The number of quaternary nitrogens is 1. The summed E-state index contributed by atoms with van der Waals surface area (Å²) in [6.45, 7) is 7.29. The van der Waals surface area contributed by atoms with Gasteiger partial charge in [-0.05, 0) is 24.1 Å². The first-order chi connectivity index (χ1) is 13.7. The van der Waals surface area contributed by atoms with E-state index in [2.05, 4.69) is 53.5 Å². The highest BCUT2D eigenvalue weighted by Gasteiger charge is 2.23. The second-order valence-corrected chi connectivity index (χ2v) is 7.44. The fraction of sp³-hybridized carbons (Fsp3) is 0.435. The summed E-state index contributed by atoms with van der Waals surface area (Å²) in [5.74, 6) is 1.42. The predicted octanol–water partition coefficient (Wildman–Crippen LogP) is 1.71. The molecule has 2 aromatic rings. The lowest BCUT2D eigenvalue weighted by Crippen LogP contribution is -3.16. The van der Waals surface area contributed by atoms with E-state index in [4.69, 9.17) is 4.74 Å². The number of methoxy groups -OCH3 is 1. The predicted molar refractivity (Wildman–Crippen MR) is 113 cm³/mol. The second kappa shape index (κ2) is 10.1. The lowest BCUT2D eigenvalue weighted by atomic mass is 9.96. The van der Waals surface area contributed by atoms with E-state index < -0.39 is 0 Å². The number of nitrogens with zero attached hydrogens (tertiary/aromatic N) is 1. The smallest absolute Gasteiger partial charge is 0.275 e. The quantitative estimate of drug-likeness (QED) is 0.731. The van der Waals surface area contributed by atoms with Crippen LogP contribution in [0.15, 0.2) is 54.6 Å². The van der Waals surface area contributed by atoms with E-state index in [9.17, 15) is 4.79 Å². The maximum absolute atomic E-state index is 12.4. The summed E-state index contributed by atoms with van der Waals surface area (Å²) in [7, 11) is 1.70. The number of carbonyl (C=O) groups is 1. The van der Waals surface area contributed by atoms with Crippen molar-refractivity contribution >= 4 is 11.6 Å². The molecule has 1 aliphatic heterocycles. The van der Waals surface area contributed by atoms with Crippen molar-refractivity contribution in [1.29, 1.82) is 0 Å². The first-order valence-corrected chi connectivity index (χ1v) is 10.2. The molecule has 3 rings (SSSR count). The molecule has 2 N–H and O–H groups in total. The highest BCUT2D eigenvalue weighted by molar-refractivity contribution is 5.76. The third kappa shape index (κ3) is 5.49. The molecule has 1 saturated heterocycles. The Balaban J connectivity index is 1.43. The highest BCUT2D eigenvalue weighted by atomic mass is 16.5. The molecule has 0 aliphatic carbocycles. The monoisotopic (exact) mass is 382 g/mol. The summed E-state index contributed by atoms with van der Waals surface area (Å²) in [6.07, 6.45) is 1.02.